The van der Waals surface area contributed by atoms with Crippen LogP contribution in [-0.2, 0) is 0 Å². The van der Waals surface area contributed by atoms with Gasteiger partial charge in [-0.15, -0.1) is 0 Å². The molecule has 52 heavy (non-hydrogen) atoms. The van der Waals surface area contributed by atoms with Crippen LogP contribution in [0.3, 0.4) is 0 Å². The van der Waals surface area contributed by atoms with Crippen molar-refractivity contribution >= 4 is 55.7 Å². The fraction of sp³-hybridized carbons (Fsp3) is 0.240. The van der Waals surface area contributed by atoms with Crippen LogP contribution in [-0.4, -0.2) is 0 Å². The van der Waals surface area contributed by atoms with Gasteiger partial charge in [-0.3, -0.25) is 0 Å². The van der Waals surface area contributed by atoms with Crippen molar-refractivity contribution in [2.24, 2.45) is 0 Å². The van der Waals surface area contributed by atoms with Crippen molar-refractivity contribution in [2.75, 3.05) is 9.80 Å². The topological polar surface area (TPSA) is 6.48 Å². The van der Waals surface area contributed by atoms with Gasteiger partial charge in [-0.1, -0.05) is 72.8 Å². The predicted molar refractivity (Wildman–Crippen MR) is 219 cm³/mol. The Bertz CT molecular complexity index is 2280. The SMILES string of the molecule is c1ccc(N(c2ccc3c(c2)C2CCC3CC2)c2ccc3c(ccc4cc(N(c5ccccc5)c5ccc6c(c5)C5CCC6CC5)ccc43)c2)cc1. The third kappa shape index (κ3) is 4.91. The fourth-order valence-electron chi connectivity index (χ4n) is 10.7. The Hall–Kier alpha value is -5.34. The second-order valence-corrected chi connectivity index (χ2v) is 15.9. The highest BCUT2D eigenvalue weighted by atomic mass is 15.1. The van der Waals surface area contributed by atoms with Crippen molar-refractivity contribution in [1.29, 1.82) is 0 Å². The summed E-state index contributed by atoms with van der Waals surface area (Å²) in [4.78, 5) is 4.91. The van der Waals surface area contributed by atoms with Gasteiger partial charge < -0.3 is 9.80 Å². The van der Waals surface area contributed by atoms with Crippen LogP contribution in [0.25, 0.3) is 21.5 Å². The summed E-state index contributed by atoms with van der Waals surface area (Å²) in [5.41, 5.74) is 13.7. The van der Waals surface area contributed by atoms with E-state index in [4.69, 9.17) is 0 Å². The minimum Gasteiger partial charge on any atom is -0.310 e. The molecular formula is C50H44N2. The lowest BCUT2D eigenvalue weighted by Crippen LogP contribution is -2.22. The molecule has 0 heterocycles. The number of hydrogen-bond donors (Lipinski definition) is 0. The number of para-hydroxylation sites is 2. The van der Waals surface area contributed by atoms with E-state index >= 15 is 0 Å². The van der Waals surface area contributed by atoms with Crippen LogP contribution in [0.1, 0.15) is 97.3 Å². The molecule has 4 bridgehead atoms. The van der Waals surface area contributed by atoms with Crippen LogP contribution in [0.5, 0.6) is 0 Å². The number of nitrogens with zero attached hydrogens (tertiary/aromatic N) is 2. The first-order valence-electron chi connectivity index (χ1n) is 19.7. The largest absolute Gasteiger partial charge is 0.310 e. The van der Waals surface area contributed by atoms with Crippen LogP contribution < -0.4 is 9.80 Å². The maximum atomic E-state index is 2.51. The van der Waals surface area contributed by atoms with E-state index in [1.54, 1.807) is 22.3 Å². The molecule has 0 N–H and O–H groups in total. The van der Waals surface area contributed by atoms with E-state index in [-0.39, 0.29) is 0 Å². The molecule has 7 aromatic carbocycles. The van der Waals surface area contributed by atoms with Crippen molar-refractivity contribution in [3.63, 3.8) is 0 Å². The van der Waals surface area contributed by atoms with Gasteiger partial charge in [0.15, 0.2) is 0 Å². The van der Waals surface area contributed by atoms with Gasteiger partial charge in [-0.2, -0.15) is 0 Å². The number of rotatable bonds is 6. The highest BCUT2D eigenvalue weighted by molar-refractivity contribution is 6.09. The Balaban J connectivity index is 0.994. The van der Waals surface area contributed by atoms with E-state index in [0.29, 0.717) is 11.8 Å². The van der Waals surface area contributed by atoms with Crippen molar-refractivity contribution in [2.45, 2.75) is 75.0 Å². The van der Waals surface area contributed by atoms with Crippen molar-refractivity contribution in [1.82, 2.24) is 0 Å². The number of benzene rings is 7. The van der Waals surface area contributed by atoms with Gasteiger partial charge in [-0.25, -0.2) is 0 Å². The highest BCUT2D eigenvalue weighted by Crippen LogP contribution is 2.52. The van der Waals surface area contributed by atoms with Gasteiger partial charge >= 0.3 is 0 Å². The third-order valence-electron chi connectivity index (χ3n) is 13.2. The molecule has 2 heteroatoms. The van der Waals surface area contributed by atoms with Gasteiger partial charge in [0.2, 0.25) is 0 Å². The zero-order valence-electron chi connectivity index (χ0n) is 29.7. The minimum absolute atomic E-state index is 0.714. The summed E-state index contributed by atoms with van der Waals surface area (Å²) < 4.78 is 0. The number of hydrogen-bond acceptors (Lipinski definition) is 2. The Kier molecular flexibility index (Phi) is 7.07. The number of anilines is 6. The molecule has 0 aliphatic heterocycles. The molecule has 2 saturated carbocycles. The zero-order valence-corrected chi connectivity index (χ0v) is 29.7. The molecule has 0 amide bonds. The summed E-state index contributed by atoms with van der Waals surface area (Å²) in [6.45, 7) is 0. The molecule has 0 aromatic heterocycles. The van der Waals surface area contributed by atoms with E-state index in [9.17, 15) is 0 Å². The first kappa shape index (κ1) is 30.3. The summed E-state index contributed by atoms with van der Waals surface area (Å²) in [6, 6.07) is 55.2. The molecule has 2 nitrogen and oxygen atoms in total. The van der Waals surface area contributed by atoms with Gasteiger partial charge in [-0.05, 0) is 192 Å². The van der Waals surface area contributed by atoms with Gasteiger partial charge in [0.05, 0.1) is 0 Å². The van der Waals surface area contributed by atoms with Gasteiger partial charge in [0, 0.05) is 34.1 Å². The van der Waals surface area contributed by atoms with E-state index in [1.165, 1.54) is 107 Å². The Morgan fingerprint density at radius 3 is 1.04 bits per heavy atom. The van der Waals surface area contributed by atoms with Gasteiger partial charge in [0.1, 0.15) is 0 Å². The monoisotopic (exact) mass is 672 g/mol. The molecule has 6 aliphatic rings. The van der Waals surface area contributed by atoms with E-state index in [1.807, 2.05) is 0 Å². The Morgan fingerprint density at radius 2 is 0.635 bits per heavy atom. The second kappa shape index (κ2) is 12.1. The predicted octanol–water partition coefficient (Wildman–Crippen LogP) is 14.4. The lowest BCUT2D eigenvalue weighted by atomic mass is 9.67. The molecule has 0 saturated heterocycles. The molecule has 0 spiro atoms. The molecule has 6 aliphatic carbocycles. The van der Waals surface area contributed by atoms with Crippen LogP contribution >= 0.6 is 0 Å². The highest BCUT2D eigenvalue weighted by Gasteiger charge is 2.34. The average Bonchev–Trinajstić information content (AvgIpc) is 3.22. The van der Waals surface area contributed by atoms with Crippen molar-refractivity contribution in [3.8, 4) is 0 Å². The average molecular weight is 673 g/mol. The van der Waals surface area contributed by atoms with Crippen LogP contribution in [0.15, 0.2) is 146 Å². The fourth-order valence-corrected chi connectivity index (χ4v) is 10.7. The quantitative estimate of drug-likeness (QED) is 0.162. The first-order valence-corrected chi connectivity index (χ1v) is 19.7. The molecule has 13 rings (SSSR count). The van der Waals surface area contributed by atoms with E-state index in [0.717, 1.165) is 11.8 Å². The minimum atomic E-state index is 0.714. The smallest absolute Gasteiger partial charge is 0.0468 e. The number of fused-ring (bicyclic) bond motifs is 7. The molecule has 0 unspecified atom stereocenters. The zero-order chi connectivity index (χ0) is 34.2. The molecular weight excluding hydrogens is 629 g/mol. The molecule has 0 radical (unpaired) electrons. The molecule has 2 fully saturated rings. The van der Waals surface area contributed by atoms with Crippen LogP contribution in [0.2, 0.25) is 0 Å². The maximum absolute atomic E-state index is 2.51. The summed E-state index contributed by atoms with van der Waals surface area (Å²) in [5, 5.41) is 5.11. The van der Waals surface area contributed by atoms with Crippen LogP contribution in [0.4, 0.5) is 34.1 Å². The van der Waals surface area contributed by atoms with Crippen molar-refractivity contribution < 1.29 is 0 Å². The lowest BCUT2D eigenvalue weighted by molar-refractivity contribution is 0.359. The normalized spacial score (nSPS) is 21.2. The summed E-state index contributed by atoms with van der Waals surface area (Å²) in [7, 11) is 0. The van der Waals surface area contributed by atoms with Crippen molar-refractivity contribution in [3.05, 3.63) is 168 Å². The van der Waals surface area contributed by atoms with Gasteiger partial charge in [0.25, 0.3) is 0 Å². The summed E-state index contributed by atoms with van der Waals surface area (Å²) in [5.74, 6) is 2.93. The second-order valence-electron chi connectivity index (χ2n) is 15.9. The first-order chi connectivity index (χ1) is 25.7. The Morgan fingerprint density at radius 1 is 0.288 bits per heavy atom. The molecule has 0 atom stereocenters. The maximum Gasteiger partial charge on any atom is 0.0468 e. The molecule has 254 valence electrons. The standard InChI is InChI=1S/C50H44N2/c1-3-7-39(8-4-1)51(43-23-25-45-33-11-15-35(16-12-33)49(45)31-43)41-21-27-47-37(29-41)19-20-38-30-42(22-28-48(38)47)52(40-9-5-2-6-10-40)44-24-26-46-34-13-17-36(18-14-34)50(46)32-44/h1-10,19-36H,11-18H2. The summed E-state index contributed by atoms with van der Waals surface area (Å²) in [6.07, 6.45) is 10.8. The van der Waals surface area contributed by atoms with E-state index < -0.39 is 0 Å². The third-order valence-corrected chi connectivity index (χ3v) is 13.2. The Labute approximate surface area is 307 Å². The summed E-state index contributed by atoms with van der Waals surface area (Å²) >= 11 is 0. The molecule has 7 aromatic rings. The van der Waals surface area contributed by atoms with E-state index in [2.05, 4.69) is 155 Å². The lowest BCUT2D eigenvalue weighted by Gasteiger charge is -2.39. The van der Waals surface area contributed by atoms with Crippen LogP contribution in [0, 0.1) is 0 Å².